The van der Waals surface area contributed by atoms with Gasteiger partial charge in [0.15, 0.2) is 0 Å². The lowest BCUT2D eigenvalue weighted by Crippen LogP contribution is -1.80. The third-order valence-corrected chi connectivity index (χ3v) is 2.64. The fourth-order valence-electron chi connectivity index (χ4n) is 1.09. The van der Waals surface area contributed by atoms with E-state index in [1.807, 2.05) is 5.51 Å². The number of thiazole rings is 1. The van der Waals surface area contributed by atoms with E-state index in [4.69, 9.17) is 0 Å². The van der Waals surface area contributed by atoms with Gasteiger partial charge in [-0.3, -0.25) is 0 Å². The number of nitrogens with zero attached hydrogens (tertiary/aromatic N) is 1. The van der Waals surface area contributed by atoms with E-state index in [-0.39, 0.29) is 0 Å². The Morgan fingerprint density at radius 3 is 3.09 bits per heavy atom. The van der Waals surface area contributed by atoms with Gasteiger partial charge in [-0.05, 0) is 31.0 Å². The van der Waals surface area contributed by atoms with Crippen LogP contribution in [0.1, 0.15) is 11.1 Å². The zero-order valence-electron chi connectivity index (χ0n) is 6.29. The van der Waals surface area contributed by atoms with Crippen LogP contribution in [0.4, 0.5) is 0 Å². The minimum Gasteiger partial charge on any atom is -0.244 e. The first-order valence-electron chi connectivity index (χ1n) is 3.44. The van der Waals surface area contributed by atoms with Crippen molar-refractivity contribution in [1.82, 2.24) is 4.98 Å². The number of fused-ring (bicyclic) bond motifs is 1. The highest BCUT2D eigenvalue weighted by atomic mass is 32.1. The maximum Gasteiger partial charge on any atom is 0.0846 e. The van der Waals surface area contributed by atoms with Crippen LogP contribution >= 0.6 is 11.3 Å². The number of rotatable bonds is 0. The van der Waals surface area contributed by atoms with Crippen LogP contribution in [0.25, 0.3) is 10.2 Å². The highest BCUT2D eigenvalue weighted by Crippen LogP contribution is 2.22. The molecule has 0 saturated carbocycles. The van der Waals surface area contributed by atoms with Gasteiger partial charge in [-0.15, -0.1) is 11.3 Å². The zero-order valence-corrected chi connectivity index (χ0v) is 7.11. The Morgan fingerprint density at radius 1 is 1.45 bits per heavy atom. The summed E-state index contributed by atoms with van der Waals surface area (Å²) < 4.78 is 1.22. The molecule has 0 spiro atoms. The molecule has 55 valence electrons. The van der Waals surface area contributed by atoms with Gasteiger partial charge < -0.3 is 0 Å². The van der Waals surface area contributed by atoms with Gasteiger partial charge in [-0.1, -0.05) is 6.07 Å². The average Bonchev–Trinajstić information content (AvgIpc) is 2.45. The second-order valence-corrected chi connectivity index (χ2v) is 3.45. The van der Waals surface area contributed by atoms with E-state index in [9.17, 15) is 0 Å². The second-order valence-electron chi connectivity index (χ2n) is 2.56. The fraction of sp³-hybridized carbons (Fsp3) is 0.111. The first-order valence-corrected chi connectivity index (χ1v) is 4.32. The first kappa shape index (κ1) is 6.80. The molecule has 1 heterocycles. The van der Waals surface area contributed by atoms with Gasteiger partial charge in [0.1, 0.15) is 0 Å². The largest absolute Gasteiger partial charge is 0.244 e. The smallest absolute Gasteiger partial charge is 0.0846 e. The molecule has 0 aliphatic rings. The summed E-state index contributed by atoms with van der Waals surface area (Å²) in [7, 11) is 0. The molecule has 1 radical (unpaired) electrons. The van der Waals surface area contributed by atoms with E-state index in [1.165, 1.54) is 10.3 Å². The van der Waals surface area contributed by atoms with Crippen molar-refractivity contribution < 1.29 is 0 Å². The molecular formula is C9H8NS. The molecule has 0 bridgehead atoms. The van der Waals surface area contributed by atoms with E-state index in [0.717, 1.165) is 11.1 Å². The summed E-state index contributed by atoms with van der Waals surface area (Å²) in [6.07, 6.45) is 0. The molecule has 1 aromatic carbocycles. The lowest BCUT2D eigenvalue weighted by molar-refractivity contribution is 1.41. The Kier molecular flexibility index (Phi) is 1.43. The van der Waals surface area contributed by atoms with Crippen molar-refractivity contribution in [2.75, 3.05) is 0 Å². The lowest BCUT2D eigenvalue weighted by atomic mass is 10.1. The molecule has 2 heteroatoms. The number of aryl methyl sites for hydroxylation is 1. The van der Waals surface area contributed by atoms with E-state index in [2.05, 4.69) is 31.0 Å². The molecule has 0 saturated heterocycles. The van der Waals surface area contributed by atoms with Crippen LogP contribution < -0.4 is 0 Å². The standard InChI is InChI=1S/C9H8NS/c1-6-3-4-8-9(7(6)2)10-5-11-8/h3-5H,2H2,1H3. The molecular weight excluding hydrogens is 154 g/mol. The van der Waals surface area contributed by atoms with Crippen LogP contribution in [0.3, 0.4) is 0 Å². The van der Waals surface area contributed by atoms with Crippen molar-refractivity contribution in [2.45, 2.75) is 6.92 Å². The van der Waals surface area contributed by atoms with Crippen molar-refractivity contribution in [3.8, 4) is 0 Å². The number of aromatic nitrogens is 1. The molecule has 2 aromatic rings. The van der Waals surface area contributed by atoms with Gasteiger partial charge in [-0.25, -0.2) is 4.98 Å². The molecule has 0 fully saturated rings. The minimum atomic E-state index is 1.05. The van der Waals surface area contributed by atoms with Crippen molar-refractivity contribution in [1.29, 1.82) is 0 Å². The Labute approximate surface area is 69.7 Å². The summed E-state index contributed by atoms with van der Waals surface area (Å²) >= 11 is 1.66. The van der Waals surface area contributed by atoms with Crippen LogP contribution in [-0.4, -0.2) is 4.98 Å². The van der Waals surface area contributed by atoms with Crippen molar-refractivity contribution >= 4 is 21.6 Å². The molecule has 11 heavy (non-hydrogen) atoms. The van der Waals surface area contributed by atoms with Crippen molar-refractivity contribution in [3.63, 3.8) is 0 Å². The second kappa shape index (κ2) is 2.31. The molecule has 0 aliphatic carbocycles. The van der Waals surface area contributed by atoms with Crippen LogP contribution in [-0.2, 0) is 0 Å². The maximum atomic E-state index is 4.24. The predicted molar refractivity (Wildman–Crippen MR) is 48.8 cm³/mol. The first-order chi connectivity index (χ1) is 5.29. The summed E-state index contributed by atoms with van der Waals surface area (Å²) in [5, 5.41) is 0. The molecule has 0 atom stereocenters. The highest BCUT2D eigenvalue weighted by Gasteiger charge is 2.01. The van der Waals surface area contributed by atoms with Gasteiger partial charge in [0.25, 0.3) is 0 Å². The van der Waals surface area contributed by atoms with E-state index in [1.54, 1.807) is 11.3 Å². The average molecular weight is 162 g/mol. The minimum absolute atomic E-state index is 1.05. The van der Waals surface area contributed by atoms with E-state index in [0.29, 0.717) is 0 Å². The summed E-state index contributed by atoms with van der Waals surface area (Å²) in [6, 6.07) is 4.18. The summed E-state index contributed by atoms with van der Waals surface area (Å²) in [6.45, 7) is 6.02. The van der Waals surface area contributed by atoms with Crippen LogP contribution in [0.2, 0.25) is 0 Å². The van der Waals surface area contributed by atoms with Gasteiger partial charge in [0, 0.05) is 0 Å². The Hall–Kier alpha value is -0.890. The van der Waals surface area contributed by atoms with Gasteiger partial charge >= 0.3 is 0 Å². The normalized spacial score (nSPS) is 10.7. The van der Waals surface area contributed by atoms with Gasteiger partial charge in [0.05, 0.1) is 15.7 Å². The number of hydrogen-bond acceptors (Lipinski definition) is 2. The molecule has 1 aromatic heterocycles. The van der Waals surface area contributed by atoms with Crippen LogP contribution in [0.15, 0.2) is 17.6 Å². The van der Waals surface area contributed by atoms with Crippen LogP contribution in [0.5, 0.6) is 0 Å². The van der Waals surface area contributed by atoms with Crippen LogP contribution in [0, 0.1) is 13.8 Å². The summed E-state index contributed by atoms with van der Waals surface area (Å²) in [5.74, 6) is 0. The maximum absolute atomic E-state index is 4.24. The third-order valence-electron chi connectivity index (χ3n) is 1.84. The topological polar surface area (TPSA) is 12.9 Å². The Bertz CT molecular complexity index is 389. The monoisotopic (exact) mass is 162 g/mol. The van der Waals surface area contributed by atoms with Crippen molar-refractivity contribution in [3.05, 3.63) is 35.7 Å². The highest BCUT2D eigenvalue weighted by molar-refractivity contribution is 7.16. The molecule has 0 N–H and O–H groups in total. The number of hydrogen-bond donors (Lipinski definition) is 0. The zero-order chi connectivity index (χ0) is 7.84. The summed E-state index contributed by atoms with van der Waals surface area (Å²) in [4.78, 5) is 4.24. The van der Waals surface area contributed by atoms with Gasteiger partial charge in [0.2, 0.25) is 0 Å². The quantitative estimate of drug-likeness (QED) is 0.580. The Balaban J connectivity index is 2.93. The van der Waals surface area contributed by atoms with E-state index < -0.39 is 0 Å². The third kappa shape index (κ3) is 0.942. The molecule has 0 aliphatic heterocycles. The lowest BCUT2D eigenvalue weighted by Gasteiger charge is -1.97. The summed E-state index contributed by atoms with van der Waals surface area (Å²) in [5.41, 5.74) is 5.18. The molecule has 1 nitrogen and oxygen atoms in total. The predicted octanol–water partition coefficient (Wildman–Crippen LogP) is 2.79. The SMILES string of the molecule is [CH2]c1c(C)ccc2scnc12. The van der Waals surface area contributed by atoms with Crippen molar-refractivity contribution in [2.24, 2.45) is 0 Å². The Morgan fingerprint density at radius 2 is 2.27 bits per heavy atom. The molecule has 0 amide bonds. The number of benzene rings is 1. The molecule has 2 rings (SSSR count). The van der Waals surface area contributed by atoms with Gasteiger partial charge in [-0.2, -0.15) is 0 Å². The fourth-order valence-corrected chi connectivity index (χ4v) is 1.79. The van der Waals surface area contributed by atoms with E-state index >= 15 is 0 Å². The molecule has 0 unspecified atom stereocenters.